The quantitative estimate of drug-likeness (QED) is 0.851. The van der Waals surface area contributed by atoms with E-state index in [1.54, 1.807) is 18.3 Å². The third kappa shape index (κ3) is 2.64. The van der Waals surface area contributed by atoms with Crippen molar-refractivity contribution in [3.63, 3.8) is 0 Å². The van der Waals surface area contributed by atoms with Crippen molar-refractivity contribution in [1.82, 2.24) is 4.98 Å². The third-order valence-corrected chi connectivity index (χ3v) is 5.09. The summed E-state index contributed by atoms with van der Waals surface area (Å²) in [5.41, 5.74) is 2.35. The van der Waals surface area contributed by atoms with Gasteiger partial charge >= 0.3 is 6.61 Å². The van der Waals surface area contributed by atoms with Gasteiger partial charge in [0.05, 0.1) is 16.8 Å². The number of anilines is 1. The Hall–Kier alpha value is -2.42. The number of hydrogen-bond acceptors (Lipinski definition) is 4. The van der Waals surface area contributed by atoms with E-state index in [1.807, 2.05) is 0 Å². The molecule has 24 heavy (non-hydrogen) atoms. The summed E-state index contributed by atoms with van der Waals surface area (Å²) in [5, 5.41) is 10.2. The molecule has 0 bridgehead atoms. The fourth-order valence-corrected chi connectivity index (χ4v) is 3.74. The summed E-state index contributed by atoms with van der Waals surface area (Å²) >= 11 is 0. The average Bonchev–Trinajstić information content (AvgIpc) is 3.31. The van der Waals surface area contributed by atoms with Gasteiger partial charge in [-0.1, -0.05) is 0 Å². The Balaban J connectivity index is 1.82. The van der Waals surface area contributed by atoms with Gasteiger partial charge in [0.1, 0.15) is 11.8 Å². The number of alkyl halides is 2. The molecule has 2 aliphatic rings. The highest BCUT2D eigenvalue weighted by Crippen LogP contribution is 2.53. The lowest BCUT2D eigenvalue weighted by molar-refractivity contribution is -0.0497. The van der Waals surface area contributed by atoms with Crippen molar-refractivity contribution in [2.24, 2.45) is 5.41 Å². The molecule has 0 amide bonds. The van der Waals surface area contributed by atoms with Crippen molar-refractivity contribution < 1.29 is 13.5 Å². The highest BCUT2D eigenvalue weighted by Gasteiger charge is 2.45. The van der Waals surface area contributed by atoms with Gasteiger partial charge in [0.25, 0.3) is 0 Å². The van der Waals surface area contributed by atoms with Crippen LogP contribution in [0.2, 0.25) is 0 Å². The number of piperidine rings is 1. The number of pyridine rings is 1. The van der Waals surface area contributed by atoms with Gasteiger partial charge in [-0.2, -0.15) is 14.0 Å². The molecule has 4 rings (SSSR count). The zero-order valence-corrected chi connectivity index (χ0v) is 13.1. The van der Waals surface area contributed by atoms with Gasteiger partial charge < -0.3 is 9.64 Å². The third-order valence-electron chi connectivity index (χ3n) is 5.09. The highest BCUT2D eigenvalue weighted by atomic mass is 19.3. The molecule has 2 fully saturated rings. The molecule has 1 aliphatic carbocycles. The van der Waals surface area contributed by atoms with E-state index in [0.717, 1.165) is 25.2 Å². The first kappa shape index (κ1) is 15.1. The molecular formula is C18H17F2N3O. The Labute approximate surface area is 138 Å². The molecule has 4 nitrogen and oxygen atoms in total. The van der Waals surface area contributed by atoms with E-state index in [0.29, 0.717) is 21.9 Å². The minimum atomic E-state index is -2.87. The summed E-state index contributed by atoms with van der Waals surface area (Å²) in [6, 6.07) is 6.91. The monoisotopic (exact) mass is 329 g/mol. The SMILES string of the molecule is N#Cc1cnc2ccc(OC(F)F)cc2c1N1CCCC2(CC2)C1. The average molecular weight is 329 g/mol. The highest BCUT2D eigenvalue weighted by molar-refractivity contribution is 5.95. The zero-order chi connectivity index (χ0) is 16.7. The largest absolute Gasteiger partial charge is 0.435 e. The first-order valence-electron chi connectivity index (χ1n) is 8.13. The van der Waals surface area contributed by atoms with Crippen LogP contribution in [0.5, 0.6) is 5.75 Å². The topological polar surface area (TPSA) is 49.1 Å². The van der Waals surface area contributed by atoms with Crippen molar-refractivity contribution in [2.75, 3.05) is 18.0 Å². The lowest BCUT2D eigenvalue weighted by Crippen LogP contribution is -2.37. The van der Waals surface area contributed by atoms with Crippen LogP contribution >= 0.6 is 0 Å². The van der Waals surface area contributed by atoms with Crippen molar-refractivity contribution in [3.05, 3.63) is 30.0 Å². The lowest BCUT2D eigenvalue weighted by Gasteiger charge is -2.35. The maximum absolute atomic E-state index is 12.5. The van der Waals surface area contributed by atoms with Crippen LogP contribution in [0.25, 0.3) is 10.9 Å². The van der Waals surface area contributed by atoms with Gasteiger partial charge in [0, 0.05) is 24.7 Å². The Morgan fingerprint density at radius 3 is 2.83 bits per heavy atom. The first-order chi connectivity index (χ1) is 11.6. The number of ether oxygens (including phenoxy) is 1. The normalized spacial score (nSPS) is 18.8. The van der Waals surface area contributed by atoms with Crippen LogP contribution in [0, 0.1) is 16.7 Å². The van der Waals surface area contributed by atoms with Gasteiger partial charge in [0.15, 0.2) is 0 Å². The standard InChI is InChI=1S/C18H17F2N3O/c19-17(20)24-13-2-3-15-14(8-13)16(12(9-21)10-22-15)23-7-1-4-18(11-23)5-6-18/h2-3,8,10,17H,1,4-7,11H2. The predicted molar refractivity (Wildman–Crippen MR) is 86.2 cm³/mol. The van der Waals surface area contributed by atoms with Gasteiger partial charge in [-0.3, -0.25) is 4.98 Å². The Kier molecular flexibility index (Phi) is 3.52. The molecule has 1 saturated heterocycles. The Morgan fingerprint density at radius 1 is 1.29 bits per heavy atom. The van der Waals surface area contributed by atoms with Crippen molar-refractivity contribution >= 4 is 16.6 Å². The first-order valence-corrected chi connectivity index (χ1v) is 8.13. The number of rotatable bonds is 3. The predicted octanol–water partition coefficient (Wildman–Crippen LogP) is 4.09. The zero-order valence-electron chi connectivity index (χ0n) is 13.1. The maximum Gasteiger partial charge on any atom is 0.387 e. The molecule has 1 aromatic heterocycles. The Morgan fingerprint density at radius 2 is 2.12 bits per heavy atom. The molecule has 124 valence electrons. The summed E-state index contributed by atoms with van der Waals surface area (Å²) in [7, 11) is 0. The van der Waals surface area contributed by atoms with Crippen LogP contribution in [-0.4, -0.2) is 24.7 Å². The van der Waals surface area contributed by atoms with Crippen LogP contribution in [0.15, 0.2) is 24.4 Å². The molecule has 0 atom stereocenters. The number of benzene rings is 1. The van der Waals surface area contributed by atoms with Crippen molar-refractivity contribution in [2.45, 2.75) is 32.3 Å². The van der Waals surface area contributed by atoms with Gasteiger partial charge in [-0.15, -0.1) is 0 Å². The number of fused-ring (bicyclic) bond motifs is 1. The molecule has 6 heteroatoms. The summed E-state index contributed by atoms with van der Waals surface area (Å²) in [4.78, 5) is 6.51. The van der Waals surface area contributed by atoms with Crippen LogP contribution in [0.1, 0.15) is 31.2 Å². The van der Waals surface area contributed by atoms with Gasteiger partial charge in [0.2, 0.25) is 0 Å². The molecule has 1 saturated carbocycles. The van der Waals surface area contributed by atoms with Crippen LogP contribution in [-0.2, 0) is 0 Å². The van der Waals surface area contributed by atoms with E-state index in [4.69, 9.17) is 0 Å². The molecule has 0 unspecified atom stereocenters. The molecule has 0 N–H and O–H groups in total. The van der Waals surface area contributed by atoms with E-state index in [-0.39, 0.29) is 5.75 Å². The summed E-state index contributed by atoms with van der Waals surface area (Å²) in [6.45, 7) is -1.08. The lowest BCUT2D eigenvalue weighted by atomic mass is 9.93. The van der Waals surface area contributed by atoms with Crippen molar-refractivity contribution in [3.8, 4) is 11.8 Å². The summed E-state index contributed by atoms with van der Waals surface area (Å²) < 4.78 is 29.6. The number of nitriles is 1. The maximum atomic E-state index is 12.5. The van der Waals surface area contributed by atoms with Crippen LogP contribution in [0.3, 0.4) is 0 Å². The minimum Gasteiger partial charge on any atom is -0.435 e. The van der Waals surface area contributed by atoms with E-state index >= 15 is 0 Å². The molecule has 0 radical (unpaired) electrons. The second-order valence-corrected chi connectivity index (χ2v) is 6.71. The second kappa shape index (κ2) is 5.59. The van der Waals surface area contributed by atoms with Gasteiger partial charge in [-0.05, 0) is 49.3 Å². The number of nitrogens with zero attached hydrogens (tertiary/aromatic N) is 3. The van der Waals surface area contributed by atoms with Crippen molar-refractivity contribution in [1.29, 1.82) is 5.26 Å². The van der Waals surface area contributed by atoms with E-state index in [9.17, 15) is 14.0 Å². The summed E-state index contributed by atoms with van der Waals surface area (Å²) in [5.74, 6) is 0.0915. The Bertz CT molecular complexity index is 827. The fourth-order valence-electron chi connectivity index (χ4n) is 3.74. The molecular weight excluding hydrogens is 312 g/mol. The number of aromatic nitrogens is 1. The smallest absolute Gasteiger partial charge is 0.387 e. The minimum absolute atomic E-state index is 0.0915. The molecule has 1 aromatic carbocycles. The van der Waals surface area contributed by atoms with E-state index in [2.05, 4.69) is 20.7 Å². The summed E-state index contributed by atoms with van der Waals surface area (Å²) in [6.07, 6.45) is 6.35. The van der Waals surface area contributed by atoms with Crippen LogP contribution < -0.4 is 9.64 Å². The molecule has 1 aliphatic heterocycles. The molecule has 2 aromatic rings. The number of hydrogen-bond donors (Lipinski definition) is 0. The molecule has 2 heterocycles. The van der Waals surface area contributed by atoms with E-state index < -0.39 is 6.61 Å². The number of halogens is 2. The van der Waals surface area contributed by atoms with E-state index in [1.165, 1.54) is 25.3 Å². The van der Waals surface area contributed by atoms with Crippen LogP contribution in [0.4, 0.5) is 14.5 Å². The van der Waals surface area contributed by atoms with Gasteiger partial charge in [-0.25, -0.2) is 0 Å². The fraction of sp³-hybridized carbons (Fsp3) is 0.444. The molecule has 1 spiro atoms. The second-order valence-electron chi connectivity index (χ2n) is 6.71.